The average molecular weight is 292 g/mol. The molecule has 0 fully saturated rings. The van der Waals surface area contributed by atoms with E-state index in [-0.39, 0.29) is 24.3 Å². The lowest BCUT2D eigenvalue weighted by atomic mass is 9.96. The van der Waals surface area contributed by atoms with E-state index in [2.05, 4.69) is 0 Å². The van der Waals surface area contributed by atoms with E-state index < -0.39 is 5.92 Å². The first-order chi connectivity index (χ1) is 10.0. The molecule has 1 rings (SSSR count). The Morgan fingerprint density at radius 2 is 1.76 bits per heavy atom. The van der Waals surface area contributed by atoms with Gasteiger partial charge in [0, 0.05) is 0 Å². The van der Waals surface area contributed by atoms with Crippen LogP contribution in [-0.4, -0.2) is 25.2 Å². The van der Waals surface area contributed by atoms with Gasteiger partial charge in [-0.15, -0.1) is 0 Å². The molecule has 0 heterocycles. The minimum atomic E-state index is -0.494. The molecule has 0 radical (unpaired) electrons. The topological polar surface area (TPSA) is 52.6 Å². The number of rotatable bonds is 8. The molecule has 0 spiro atoms. The SMILES string of the molecule is CCOC(=O)C(CC(=O)OCC(C)C)Cc1ccccc1. The van der Waals surface area contributed by atoms with Crippen molar-refractivity contribution < 1.29 is 19.1 Å². The van der Waals surface area contributed by atoms with E-state index in [0.717, 1.165) is 5.56 Å². The van der Waals surface area contributed by atoms with Gasteiger partial charge in [0.25, 0.3) is 0 Å². The van der Waals surface area contributed by atoms with Crippen molar-refractivity contribution in [1.29, 1.82) is 0 Å². The lowest BCUT2D eigenvalue weighted by Gasteiger charge is -2.15. The van der Waals surface area contributed by atoms with Crippen LogP contribution in [0.2, 0.25) is 0 Å². The summed E-state index contributed by atoms with van der Waals surface area (Å²) in [4.78, 5) is 23.8. The van der Waals surface area contributed by atoms with Crippen molar-refractivity contribution in [3.63, 3.8) is 0 Å². The molecule has 0 aromatic heterocycles. The fourth-order valence-electron chi connectivity index (χ4n) is 1.92. The molecule has 0 aliphatic heterocycles. The van der Waals surface area contributed by atoms with Crippen LogP contribution in [0.3, 0.4) is 0 Å². The van der Waals surface area contributed by atoms with Crippen molar-refractivity contribution in [2.24, 2.45) is 11.8 Å². The summed E-state index contributed by atoms with van der Waals surface area (Å²) in [6.45, 7) is 6.39. The predicted octanol–water partition coefficient (Wildman–Crippen LogP) is 3.00. The van der Waals surface area contributed by atoms with Crippen molar-refractivity contribution in [1.82, 2.24) is 0 Å². The molecule has 1 unspecified atom stereocenters. The minimum Gasteiger partial charge on any atom is -0.466 e. The lowest BCUT2D eigenvalue weighted by Crippen LogP contribution is -2.24. The van der Waals surface area contributed by atoms with Gasteiger partial charge in [-0.05, 0) is 24.8 Å². The third-order valence-electron chi connectivity index (χ3n) is 2.94. The number of hydrogen-bond acceptors (Lipinski definition) is 4. The van der Waals surface area contributed by atoms with E-state index in [1.54, 1.807) is 6.92 Å². The second kappa shape index (κ2) is 9.16. The number of esters is 2. The summed E-state index contributed by atoms with van der Waals surface area (Å²) in [5.74, 6) is -0.906. The number of carbonyl (C=O) groups is 2. The first-order valence-corrected chi connectivity index (χ1v) is 7.39. The van der Waals surface area contributed by atoms with Crippen LogP contribution in [0, 0.1) is 11.8 Å². The maximum atomic E-state index is 12.0. The van der Waals surface area contributed by atoms with Crippen molar-refractivity contribution in [3.8, 4) is 0 Å². The average Bonchev–Trinajstić information content (AvgIpc) is 2.46. The molecule has 0 amide bonds. The molecular formula is C17H24O4. The Morgan fingerprint density at radius 3 is 2.33 bits per heavy atom. The van der Waals surface area contributed by atoms with Crippen molar-refractivity contribution in [2.45, 2.75) is 33.6 Å². The van der Waals surface area contributed by atoms with Gasteiger partial charge in [0.15, 0.2) is 0 Å². The molecule has 4 heteroatoms. The first-order valence-electron chi connectivity index (χ1n) is 7.39. The second-order valence-electron chi connectivity index (χ2n) is 5.42. The summed E-state index contributed by atoms with van der Waals surface area (Å²) < 4.78 is 10.2. The third-order valence-corrected chi connectivity index (χ3v) is 2.94. The molecule has 0 aliphatic carbocycles. The largest absolute Gasteiger partial charge is 0.466 e. The van der Waals surface area contributed by atoms with Gasteiger partial charge < -0.3 is 9.47 Å². The van der Waals surface area contributed by atoms with Crippen LogP contribution in [-0.2, 0) is 25.5 Å². The molecule has 116 valence electrons. The summed E-state index contributed by atoms with van der Waals surface area (Å²) in [6, 6.07) is 9.61. The van der Waals surface area contributed by atoms with Gasteiger partial charge in [0.1, 0.15) is 0 Å². The molecular weight excluding hydrogens is 268 g/mol. The zero-order valence-corrected chi connectivity index (χ0v) is 13.0. The highest BCUT2D eigenvalue weighted by Gasteiger charge is 2.24. The molecule has 0 N–H and O–H groups in total. The summed E-state index contributed by atoms with van der Waals surface area (Å²) in [5, 5.41) is 0. The number of ether oxygens (including phenoxy) is 2. The molecule has 1 atom stereocenters. The molecule has 21 heavy (non-hydrogen) atoms. The van der Waals surface area contributed by atoms with Crippen molar-refractivity contribution >= 4 is 11.9 Å². The van der Waals surface area contributed by atoms with E-state index >= 15 is 0 Å². The first kappa shape index (κ1) is 17.2. The van der Waals surface area contributed by atoms with Crippen LogP contribution in [0.5, 0.6) is 0 Å². The van der Waals surface area contributed by atoms with Gasteiger partial charge in [0.2, 0.25) is 0 Å². The molecule has 1 aromatic rings. The maximum Gasteiger partial charge on any atom is 0.309 e. The third kappa shape index (κ3) is 6.93. The maximum absolute atomic E-state index is 12.0. The van der Waals surface area contributed by atoms with Crippen LogP contribution in [0.1, 0.15) is 32.8 Å². The van der Waals surface area contributed by atoms with Crippen LogP contribution in [0.4, 0.5) is 0 Å². The van der Waals surface area contributed by atoms with Gasteiger partial charge in [-0.1, -0.05) is 44.2 Å². The highest BCUT2D eigenvalue weighted by Crippen LogP contribution is 2.15. The van der Waals surface area contributed by atoms with Gasteiger partial charge in [-0.2, -0.15) is 0 Å². The van der Waals surface area contributed by atoms with Crippen LogP contribution >= 0.6 is 0 Å². The van der Waals surface area contributed by atoms with E-state index in [1.165, 1.54) is 0 Å². The van der Waals surface area contributed by atoms with Gasteiger partial charge in [-0.25, -0.2) is 0 Å². The van der Waals surface area contributed by atoms with Crippen LogP contribution in [0.25, 0.3) is 0 Å². The van der Waals surface area contributed by atoms with E-state index in [0.29, 0.717) is 19.6 Å². The fourth-order valence-corrected chi connectivity index (χ4v) is 1.92. The van der Waals surface area contributed by atoms with E-state index in [4.69, 9.17) is 9.47 Å². The zero-order valence-electron chi connectivity index (χ0n) is 13.0. The van der Waals surface area contributed by atoms with Gasteiger partial charge in [-0.3, -0.25) is 9.59 Å². The van der Waals surface area contributed by atoms with Crippen molar-refractivity contribution in [2.75, 3.05) is 13.2 Å². The Hall–Kier alpha value is -1.84. The molecule has 4 nitrogen and oxygen atoms in total. The summed E-state index contributed by atoms with van der Waals surface area (Å²) in [5.41, 5.74) is 1.01. The minimum absolute atomic E-state index is 0.0560. The zero-order chi connectivity index (χ0) is 15.7. The standard InChI is InChI=1S/C17H24O4/c1-4-20-17(19)15(10-14-8-6-5-7-9-14)11-16(18)21-12-13(2)3/h5-9,13,15H,4,10-12H2,1-3H3. The van der Waals surface area contributed by atoms with Gasteiger partial charge >= 0.3 is 11.9 Å². The van der Waals surface area contributed by atoms with Crippen LogP contribution < -0.4 is 0 Å². The number of carbonyl (C=O) groups excluding carboxylic acids is 2. The highest BCUT2D eigenvalue weighted by atomic mass is 16.5. The Labute approximate surface area is 126 Å². The van der Waals surface area contributed by atoms with Crippen LogP contribution in [0.15, 0.2) is 30.3 Å². The van der Waals surface area contributed by atoms with Gasteiger partial charge in [0.05, 0.1) is 25.6 Å². The summed E-state index contributed by atoms with van der Waals surface area (Å²) in [7, 11) is 0. The lowest BCUT2D eigenvalue weighted by molar-refractivity contribution is -0.155. The van der Waals surface area contributed by atoms with E-state index in [9.17, 15) is 9.59 Å². The number of hydrogen-bond donors (Lipinski definition) is 0. The quantitative estimate of drug-likeness (QED) is 0.691. The molecule has 1 aromatic carbocycles. The number of benzene rings is 1. The Bertz CT molecular complexity index is 439. The monoisotopic (exact) mass is 292 g/mol. The summed E-state index contributed by atoms with van der Waals surface area (Å²) >= 11 is 0. The molecule has 0 bridgehead atoms. The Balaban J connectivity index is 2.64. The second-order valence-corrected chi connectivity index (χ2v) is 5.42. The molecule has 0 saturated carbocycles. The normalized spacial score (nSPS) is 12.0. The molecule has 0 aliphatic rings. The Morgan fingerprint density at radius 1 is 1.10 bits per heavy atom. The predicted molar refractivity (Wildman–Crippen MR) is 80.7 cm³/mol. The van der Waals surface area contributed by atoms with Crippen molar-refractivity contribution in [3.05, 3.63) is 35.9 Å². The smallest absolute Gasteiger partial charge is 0.309 e. The summed E-state index contributed by atoms with van der Waals surface area (Å²) in [6.07, 6.45) is 0.539. The fraction of sp³-hybridized carbons (Fsp3) is 0.529. The highest BCUT2D eigenvalue weighted by molar-refractivity contribution is 5.80. The molecule has 0 saturated heterocycles. The Kier molecular flexibility index (Phi) is 7.51. The van der Waals surface area contributed by atoms with E-state index in [1.807, 2.05) is 44.2 Å².